The molecule has 2 aromatic rings. The van der Waals surface area contributed by atoms with E-state index in [-0.39, 0.29) is 0 Å². The lowest BCUT2D eigenvalue weighted by Gasteiger charge is -2.25. The third-order valence-electron chi connectivity index (χ3n) is 8.54. The number of anilines is 2. The Bertz CT molecular complexity index is 961. The predicted molar refractivity (Wildman–Crippen MR) is 157 cm³/mol. The summed E-state index contributed by atoms with van der Waals surface area (Å²) < 4.78 is 0. The zero-order valence-corrected chi connectivity index (χ0v) is 22.3. The molecule has 4 N–H and O–H groups in total. The van der Waals surface area contributed by atoms with Crippen LogP contribution in [0.5, 0.6) is 0 Å². The Balaban J connectivity index is 1.14. The highest BCUT2D eigenvalue weighted by molar-refractivity contribution is 5.98. The summed E-state index contributed by atoms with van der Waals surface area (Å²) >= 11 is 0. The van der Waals surface area contributed by atoms with Crippen molar-refractivity contribution in [2.75, 3.05) is 49.1 Å². The average molecular weight is 501 g/mol. The molecule has 6 nitrogen and oxygen atoms in total. The maximum atomic E-state index is 6.30. The highest BCUT2D eigenvalue weighted by Gasteiger charge is 2.18. The summed E-state index contributed by atoms with van der Waals surface area (Å²) in [4.78, 5) is 14.3. The highest BCUT2D eigenvalue weighted by Crippen LogP contribution is 2.26. The van der Waals surface area contributed by atoms with Crippen molar-refractivity contribution in [3.8, 4) is 0 Å². The number of hydrogen-bond acceptors (Lipinski definition) is 4. The van der Waals surface area contributed by atoms with Crippen molar-refractivity contribution >= 4 is 23.0 Å². The fraction of sp³-hybridized carbons (Fsp3) is 0.548. The average Bonchev–Trinajstić information content (AvgIpc) is 3.61. The Labute approximate surface area is 222 Å². The van der Waals surface area contributed by atoms with E-state index in [9.17, 15) is 0 Å². The van der Waals surface area contributed by atoms with E-state index in [1.165, 1.54) is 62.7 Å². The van der Waals surface area contributed by atoms with E-state index >= 15 is 0 Å². The van der Waals surface area contributed by atoms with Crippen molar-refractivity contribution in [2.45, 2.75) is 57.8 Å². The fourth-order valence-corrected chi connectivity index (χ4v) is 6.14. The molecule has 2 saturated carbocycles. The van der Waals surface area contributed by atoms with Crippen LogP contribution in [0, 0.1) is 11.8 Å². The largest absolute Gasteiger partial charge is 0.384 e. The van der Waals surface area contributed by atoms with Crippen molar-refractivity contribution in [1.82, 2.24) is 0 Å². The van der Waals surface area contributed by atoms with Gasteiger partial charge in [0.25, 0.3) is 0 Å². The minimum absolute atomic E-state index is 0.674. The van der Waals surface area contributed by atoms with Crippen LogP contribution in [-0.4, -0.2) is 50.9 Å². The third kappa shape index (κ3) is 6.85. The SMILES string of the molecule is NC(=NCC1CCCC1)c1ccc(N2CCCN(c3ccc(C(N)=NCC4CCCC4)cc3)CC2)cc1. The molecule has 2 aromatic carbocycles. The molecule has 0 amide bonds. The van der Waals surface area contributed by atoms with Crippen LogP contribution in [0.25, 0.3) is 0 Å². The van der Waals surface area contributed by atoms with Gasteiger partial charge < -0.3 is 21.3 Å². The summed E-state index contributed by atoms with van der Waals surface area (Å²) in [6.07, 6.45) is 11.7. The Kier molecular flexibility index (Phi) is 8.64. The Morgan fingerprint density at radius 3 is 1.32 bits per heavy atom. The normalized spacial score (nSPS) is 20.5. The van der Waals surface area contributed by atoms with Crippen LogP contribution < -0.4 is 21.3 Å². The lowest BCUT2D eigenvalue weighted by atomic mass is 10.1. The van der Waals surface area contributed by atoms with Crippen molar-refractivity contribution in [2.24, 2.45) is 33.3 Å². The first kappa shape index (κ1) is 25.6. The molecule has 3 fully saturated rings. The lowest BCUT2D eigenvalue weighted by molar-refractivity contribution is 0.563. The van der Waals surface area contributed by atoms with Crippen LogP contribution in [0.4, 0.5) is 11.4 Å². The first-order valence-corrected chi connectivity index (χ1v) is 14.5. The van der Waals surface area contributed by atoms with Gasteiger partial charge in [-0.15, -0.1) is 0 Å². The van der Waals surface area contributed by atoms with Crippen molar-refractivity contribution in [1.29, 1.82) is 0 Å². The highest BCUT2D eigenvalue weighted by atomic mass is 15.2. The van der Waals surface area contributed by atoms with E-state index < -0.39 is 0 Å². The van der Waals surface area contributed by atoms with Crippen LogP contribution in [0.3, 0.4) is 0 Å². The van der Waals surface area contributed by atoms with Crippen molar-refractivity contribution in [3.63, 3.8) is 0 Å². The van der Waals surface area contributed by atoms with E-state index in [1.54, 1.807) is 0 Å². The summed E-state index contributed by atoms with van der Waals surface area (Å²) in [5.74, 6) is 2.79. The van der Waals surface area contributed by atoms with Crippen LogP contribution in [0.2, 0.25) is 0 Å². The number of rotatable bonds is 8. The number of nitrogens with zero attached hydrogens (tertiary/aromatic N) is 4. The Hall–Kier alpha value is -3.02. The fourth-order valence-electron chi connectivity index (χ4n) is 6.14. The number of benzene rings is 2. The van der Waals surface area contributed by atoms with E-state index in [2.05, 4.69) is 68.3 Å². The quantitative estimate of drug-likeness (QED) is 0.386. The van der Waals surface area contributed by atoms with E-state index in [1.807, 2.05) is 0 Å². The van der Waals surface area contributed by atoms with Gasteiger partial charge in [0.1, 0.15) is 11.7 Å². The zero-order chi connectivity index (χ0) is 25.5. The molecular formula is C31H44N6. The van der Waals surface area contributed by atoms with Gasteiger partial charge in [-0.2, -0.15) is 0 Å². The molecule has 198 valence electrons. The molecule has 5 rings (SSSR count). The van der Waals surface area contributed by atoms with Gasteiger partial charge in [0.2, 0.25) is 0 Å². The smallest absolute Gasteiger partial charge is 0.125 e. The number of nitrogens with two attached hydrogens (primary N) is 2. The molecule has 2 aliphatic carbocycles. The maximum absolute atomic E-state index is 6.30. The molecule has 0 radical (unpaired) electrons. The molecule has 37 heavy (non-hydrogen) atoms. The first-order chi connectivity index (χ1) is 18.2. The summed E-state index contributed by atoms with van der Waals surface area (Å²) in [7, 11) is 0. The Morgan fingerprint density at radius 2 is 0.946 bits per heavy atom. The van der Waals surface area contributed by atoms with Crippen molar-refractivity contribution in [3.05, 3.63) is 59.7 Å². The summed E-state index contributed by atoms with van der Waals surface area (Å²) in [5.41, 5.74) is 17.2. The van der Waals surface area contributed by atoms with E-state index in [0.29, 0.717) is 11.7 Å². The monoisotopic (exact) mass is 500 g/mol. The minimum atomic E-state index is 0.674. The molecule has 0 atom stereocenters. The second-order valence-electron chi connectivity index (χ2n) is 11.2. The van der Waals surface area contributed by atoms with Gasteiger partial charge in [0.05, 0.1) is 0 Å². The molecule has 3 aliphatic rings. The number of aliphatic imine (C=N–C) groups is 2. The van der Waals surface area contributed by atoms with Gasteiger partial charge >= 0.3 is 0 Å². The van der Waals surface area contributed by atoms with Gasteiger partial charge in [-0.25, -0.2) is 0 Å². The second-order valence-corrected chi connectivity index (χ2v) is 11.2. The van der Waals surface area contributed by atoms with Gasteiger partial charge in [-0.3, -0.25) is 9.98 Å². The zero-order valence-electron chi connectivity index (χ0n) is 22.3. The molecule has 1 aliphatic heterocycles. The molecule has 1 saturated heterocycles. The Morgan fingerprint density at radius 1 is 0.568 bits per heavy atom. The number of amidine groups is 2. The van der Waals surface area contributed by atoms with Gasteiger partial charge in [-0.1, -0.05) is 25.7 Å². The summed E-state index contributed by atoms with van der Waals surface area (Å²) in [5, 5.41) is 0. The summed E-state index contributed by atoms with van der Waals surface area (Å²) in [6.45, 7) is 5.85. The molecule has 0 spiro atoms. The minimum Gasteiger partial charge on any atom is -0.384 e. The van der Waals surface area contributed by atoms with Crippen LogP contribution >= 0.6 is 0 Å². The first-order valence-electron chi connectivity index (χ1n) is 14.5. The molecule has 1 heterocycles. The van der Waals surface area contributed by atoms with E-state index in [4.69, 9.17) is 11.5 Å². The third-order valence-corrected chi connectivity index (χ3v) is 8.54. The molecule has 0 aromatic heterocycles. The van der Waals surface area contributed by atoms with Crippen LogP contribution in [0.15, 0.2) is 58.5 Å². The predicted octanol–water partition coefficient (Wildman–Crippen LogP) is 5.19. The maximum Gasteiger partial charge on any atom is 0.125 e. The topological polar surface area (TPSA) is 83.2 Å². The van der Waals surface area contributed by atoms with Crippen molar-refractivity contribution < 1.29 is 0 Å². The summed E-state index contributed by atoms with van der Waals surface area (Å²) in [6, 6.07) is 17.3. The van der Waals surface area contributed by atoms with Gasteiger partial charge in [0, 0.05) is 61.8 Å². The molecule has 0 unspecified atom stereocenters. The van der Waals surface area contributed by atoms with E-state index in [0.717, 1.165) is 68.7 Å². The number of hydrogen-bond donors (Lipinski definition) is 2. The molecule has 0 bridgehead atoms. The lowest BCUT2D eigenvalue weighted by Crippen LogP contribution is -2.30. The van der Waals surface area contributed by atoms with Gasteiger partial charge in [0.15, 0.2) is 0 Å². The van der Waals surface area contributed by atoms with Gasteiger partial charge in [-0.05, 0) is 92.5 Å². The molecular weight excluding hydrogens is 456 g/mol. The standard InChI is InChI=1S/C31H44N6/c32-30(34-22-24-6-1-2-7-24)26-10-14-28(15-11-26)36-18-5-19-37(21-20-36)29-16-12-27(13-17-29)31(33)35-23-25-8-3-4-9-25/h10-17,24-25H,1-9,18-23H2,(H2,32,34)(H2,33,35). The second kappa shape index (κ2) is 12.5. The van der Waals surface area contributed by atoms with Crippen LogP contribution in [-0.2, 0) is 0 Å². The molecule has 6 heteroatoms. The van der Waals surface area contributed by atoms with Crippen LogP contribution in [0.1, 0.15) is 68.9 Å².